The Hall–Kier alpha value is -1.37. The molecule has 4 nitrogen and oxygen atoms in total. The van der Waals surface area contributed by atoms with Gasteiger partial charge in [0.15, 0.2) is 0 Å². The third-order valence-electron chi connectivity index (χ3n) is 4.20. The Kier molecular flexibility index (Phi) is 4.01. The molecule has 1 aliphatic carbocycles. The van der Waals surface area contributed by atoms with E-state index in [1.54, 1.807) is 23.5 Å². The molecule has 0 unspecified atom stereocenters. The lowest BCUT2D eigenvalue weighted by Gasteiger charge is -2.16. The van der Waals surface area contributed by atoms with Crippen LogP contribution in [0.1, 0.15) is 24.0 Å². The molecule has 2 aromatic rings. The second-order valence-electron chi connectivity index (χ2n) is 5.77. The smallest absolute Gasteiger partial charge is 0.244 e. The lowest BCUT2D eigenvalue weighted by Crippen LogP contribution is -2.32. The number of sulfonamides is 1. The van der Waals surface area contributed by atoms with Crippen molar-refractivity contribution in [2.75, 3.05) is 13.7 Å². The van der Waals surface area contributed by atoms with Gasteiger partial charge in [0.05, 0.1) is 7.11 Å². The van der Waals surface area contributed by atoms with Crippen LogP contribution in [0.2, 0.25) is 0 Å². The first-order chi connectivity index (χ1) is 10.5. The van der Waals surface area contributed by atoms with E-state index in [4.69, 9.17) is 4.74 Å². The largest absolute Gasteiger partial charge is 0.495 e. The van der Waals surface area contributed by atoms with E-state index in [0.29, 0.717) is 12.3 Å². The van der Waals surface area contributed by atoms with Gasteiger partial charge in [0.25, 0.3) is 0 Å². The molecule has 1 aromatic carbocycles. The summed E-state index contributed by atoms with van der Waals surface area (Å²) in [6, 6.07) is 7.26. The average Bonchev–Trinajstić information content (AvgIpc) is 3.09. The summed E-state index contributed by atoms with van der Waals surface area (Å²) in [5.74, 6) is 0.374. The molecule has 6 heteroatoms. The minimum absolute atomic E-state index is 0.0237. The molecule has 0 spiro atoms. The molecule has 1 aliphatic rings. The number of nitrogens with one attached hydrogen (secondary N) is 1. The topological polar surface area (TPSA) is 55.4 Å². The van der Waals surface area contributed by atoms with Gasteiger partial charge in [0, 0.05) is 12.0 Å². The minimum atomic E-state index is -3.58. The van der Waals surface area contributed by atoms with Crippen molar-refractivity contribution in [3.8, 4) is 5.75 Å². The van der Waals surface area contributed by atoms with E-state index >= 15 is 0 Å². The lowest BCUT2D eigenvalue weighted by molar-refractivity contribution is 0.402. The second-order valence-corrected chi connectivity index (χ2v) is 8.29. The average molecular weight is 337 g/mol. The molecule has 1 aromatic heterocycles. The number of rotatable bonds is 6. The van der Waals surface area contributed by atoms with Crippen molar-refractivity contribution in [2.24, 2.45) is 0 Å². The standard InChI is InChI=1S/C16H19NO3S2/c1-12-3-4-14(20-2)15(9-12)22(18,19)17-11-16(6-7-16)13-5-8-21-10-13/h3-5,8-10,17H,6-7,11H2,1-2H3. The van der Waals surface area contributed by atoms with E-state index in [-0.39, 0.29) is 10.3 Å². The molecule has 0 radical (unpaired) electrons. The summed E-state index contributed by atoms with van der Waals surface area (Å²) in [7, 11) is -2.10. The number of methoxy groups -OCH3 is 1. The summed E-state index contributed by atoms with van der Waals surface area (Å²) in [6.07, 6.45) is 2.05. The predicted molar refractivity (Wildman–Crippen MR) is 88.2 cm³/mol. The highest BCUT2D eigenvalue weighted by Crippen LogP contribution is 2.48. The van der Waals surface area contributed by atoms with E-state index < -0.39 is 10.0 Å². The Bertz CT molecular complexity index is 763. The van der Waals surface area contributed by atoms with Gasteiger partial charge in [-0.15, -0.1) is 0 Å². The SMILES string of the molecule is COc1ccc(C)cc1S(=O)(=O)NCC1(c2ccsc2)CC1. The molecule has 118 valence electrons. The number of benzene rings is 1. The van der Waals surface area contributed by atoms with Crippen LogP contribution in [0, 0.1) is 6.92 Å². The summed E-state index contributed by atoms with van der Waals surface area (Å²) in [4.78, 5) is 0.205. The first-order valence-electron chi connectivity index (χ1n) is 7.14. The van der Waals surface area contributed by atoms with Gasteiger partial charge in [-0.25, -0.2) is 13.1 Å². The van der Waals surface area contributed by atoms with Crippen molar-refractivity contribution in [1.29, 1.82) is 0 Å². The highest BCUT2D eigenvalue weighted by Gasteiger charge is 2.45. The van der Waals surface area contributed by atoms with Gasteiger partial charge in [-0.3, -0.25) is 0 Å². The fourth-order valence-corrected chi connectivity index (χ4v) is 4.75. The molecule has 0 atom stereocenters. The third-order valence-corrected chi connectivity index (χ3v) is 6.30. The second kappa shape index (κ2) is 5.68. The van der Waals surface area contributed by atoms with E-state index in [1.165, 1.54) is 12.7 Å². The number of hydrogen-bond donors (Lipinski definition) is 1. The van der Waals surface area contributed by atoms with E-state index in [1.807, 2.05) is 18.4 Å². The normalized spacial score (nSPS) is 16.5. The van der Waals surface area contributed by atoms with Crippen LogP contribution in [0.5, 0.6) is 5.75 Å². The van der Waals surface area contributed by atoms with Gasteiger partial charge in [-0.1, -0.05) is 6.07 Å². The summed E-state index contributed by atoms with van der Waals surface area (Å²) < 4.78 is 33.2. The summed E-state index contributed by atoms with van der Waals surface area (Å²) in [6.45, 7) is 2.30. The molecular weight excluding hydrogens is 318 g/mol. The molecule has 0 aliphatic heterocycles. The highest BCUT2D eigenvalue weighted by molar-refractivity contribution is 7.89. The van der Waals surface area contributed by atoms with Crippen molar-refractivity contribution < 1.29 is 13.2 Å². The molecule has 3 rings (SSSR count). The van der Waals surface area contributed by atoms with Crippen LogP contribution in [0.15, 0.2) is 39.9 Å². The molecule has 0 amide bonds. The summed E-state index contributed by atoms with van der Waals surface area (Å²) in [5, 5.41) is 4.14. The van der Waals surface area contributed by atoms with Gasteiger partial charge in [0.1, 0.15) is 10.6 Å². The molecule has 1 heterocycles. The maximum absolute atomic E-state index is 12.6. The van der Waals surface area contributed by atoms with Crippen LogP contribution in [0.3, 0.4) is 0 Å². The monoisotopic (exact) mass is 337 g/mol. The summed E-state index contributed by atoms with van der Waals surface area (Å²) >= 11 is 1.65. The quantitative estimate of drug-likeness (QED) is 0.881. The third kappa shape index (κ3) is 2.91. The van der Waals surface area contributed by atoms with Crippen LogP contribution < -0.4 is 9.46 Å². The Labute approximate surface area is 135 Å². The highest BCUT2D eigenvalue weighted by atomic mass is 32.2. The molecule has 1 N–H and O–H groups in total. The van der Waals surface area contributed by atoms with Crippen LogP contribution in [-0.2, 0) is 15.4 Å². The zero-order chi connectivity index (χ0) is 15.8. The van der Waals surface area contributed by atoms with Crippen molar-refractivity contribution in [2.45, 2.75) is 30.1 Å². The van der Waals surface area contributed by atoms with Gasteiger partial charge in [-0.2, -0.15) is 11.3 Å². The first-order valence-corrected chi connectivity index (χ1v) is 9.56. The van der Waals surface area contributed by atoms with Crippen molar-refractivity contribution in [3.63, 3.8) is 0 Å². The molecule has 22 heavy (non-hydrogen) atoms. The van der Waals surface area contributed by atoms with Crippen molar-refractivity contribution in [3.05, 3.63) is 46.2 Å². The number of aryl methyl sites for hydroxylation is 1. The van der Waals surface area contributed by atoms with Crippen molar-refractivity contribution in [1.82, 2.24) is 4.72 Å². The van der Waals surface area contributed by atoms with E-state index in [0.717, 1.165) is 18.4 Å². The molecule has 1 fully saturated rings. The molecule has 0 saturated heterocycles. The van der Waals surface area contributed by atoms with Gasteiger partial charge in [0.2, 0.25) is 10.0 Å². The van der Waals surface area contributed by atoms with Crippen LogP contribution in [0.25, 0.3) is 0 Å². The number of thiophene rings is 1. The fourth-order valence-electron chi connectivity index (χ4n) is 2.59. The predicted octanol–water partition coefficient (Wildman–Crippen LogP) is 3.08. The van der Waals surface area contributed by atoms with Crippen LogP contribution >= 0.6 is 11.3 Å². The van der Waals surface area contributed by atoms with Gasteiger partial charge in [-0.05, 0) is 59.9 Å². The zero-order valence-electron chi connectivity index (χ0n) is 12.6. The van der Waals surface area contributed by atoms with Crippen LogP contribution in [-0.4, -0.2) is 22.1 Å². The molecule has 1 saturated carbocycles. The Balaban J connectivity index is 1.82. The number of ether oxygens (including phenoxy) is 1. The van der Waals surface area contributed by atoms with Gasteiger partial charge < -0.3 is 4.74 Å². The number of hydrogen-bond acceptors (Lipinski definition) is 4. The van der Waals surface area contributed by atoms with E-state index in [2.05, 4.69) is 16.2 Å². The van der Waals surface area contributed by atoms with Crippen molar-refractivity contribution >= 4 is 21.4 Å². The lowest BCUT2D eigenvalue weighted by atomic mass is 10.0. The Morgan fingerprint density at radius 1 is 1.32 bits per heavy atom. The molecular formula is C16H19NO3S2. The maximum atomic E-state index is 12.6. The first kappa shape index (κ1) is 15.5. The Morgan fingerprint density at radius 3 is 2.68 bits per heavy atom. The van der Waals surface area contributed by atoms with Crippen LogP contribution in [0.4, 0.5) is 0 Å². The molecule has 0 bridgehead atoms. The fraction of sp³-hybridized carbons (Fsp3) is 0.375. The zero-order valence-corrected chi connectivity index (χ0v) is 14.3. The maximum Gasteiger partial charge on any atom is 0.244 e. The summed E-state index contributed by atoms with van der Waals surface area (Å²) in [5.41, 5.74) is 2.10. The Morgan fingerprint density at radius 2 is 2.09 bits per heavy atom. The van der Waals surface area contributed by atoms with Gasteiger partial charge >= 0.3 is 0 Å². The van der Waals surface area contributed by atoms with E-state index in [9.17, 15) is 8.42 Å². The minimum Gasteiger partial charge on any atom is -0.495 e.